The van der Waals surface area contributed by atoms with Gasteiger partial charge in [-0.25, -0.2) is 0 Å². The third-order valence-corrected chi connectivity index (χ3v) is 11.3. The van der Waals surface area contributed by atoms with Crippen LogP contribution in [0.15, 0.2) is 0 Å². The van der Waals surface area contributed by atoms with Crippen LogP contribution in [0.5, 0.6) is 0 Å². The highest BCUT2D eigenvalue weighted by molar-refractivity contribution is 5.71. The number of rotatable bonds is 43. The van der Waals surface area contributed by atoms with Crippen LogP contribution < -0.4 is 0 Å². The Labute approximate surface area is 342 Å². The lowest BCUT2D eigenvalue weighted by Crippen LogP contribution is -2.30. The molecule has 0 amide bonds. The van der Waals surface area contributed by atoms with Gasteiger partial charge in [0, 0.05) is 19.3 Å². The van der Waals surface area contributed by atoms with Gasteiger partial charge in [-0.05, 0) is 31.1 Å². The predicted molar refractivity (Wildman–Crippen MR) is 233 cm³/mol. The molecule has 0 aromatic carbocycles. The zero-order valence-corrected chi connectivity index (χ0v) is 37.6. The first-order chi connectivity index (χ1) is 26.8. The monoisotopic (exact) mass is 779 g/mol. The van der Waals surface area contributed by atoms with E-state index in [1.54, 1.807) is 0 Å². The summed E-state index contributed by atoms with van der Waals surface area (Å²) in [6.45, 7) is 11.4. The van der Waals surface area contributed by atoms with Gasteiger partial charge in [0.05, 0.1) is 0 Å². The van der Waals surface area contributed by atoms with Crippen molar-refractivity contribution in [2.75, 3.05) is 13.2 Å². The summed E-state index contributed by atoms with van der Waals surface area (Å²) in [5.74, 6) is 0.824. The first-order valence-corrected chi connectivity index (χ1v) is 24.3. The quantitative estimate of drug-likeness (QED) is 0.0348. The molecule has 55 heavy (non-hydrogen) atoms. The van der Waals surface area contributed by atoms with Crippen LogP contribution >= 0.6 is 0 Å². The molecule has 0 saturated heterocycles. The number of hydrogen-bond acceptors (Lipinski definition) is 6. The first-order valence-electron chi connectivity index (χ1n) is 24.3. The highest BCUT2D eigenvalue weighted by atomic mass is 16.6. The molecule has 0 rings (SSSR count). The highest BCUT2D eigenvalue weighted by Crippen LogP contribution is 2.17. The van der Waals surface area contributed by atoms with Gasteiger partial charge in [0.2, 0.25) is 0 Å². The minimum atomic E-state index is -0.760. The smallest absolute Gasteiger partial charge is 0.306 e. The summed E-state index contributed by atoms with van der Waals surface area (Å²) in [7, 11) is 0. The predicted octanol–water partition coefficient (Wildman–Crippen LogP) is 15.4. The molecule has 0 aromatic rings. The van der Waals surface area contributed by atoms with Gasteiger partial charge >= 0.3 is 17.9 Å². The number of esters is 3. The highest BCUT2D eigenvalue weighted by Gasteiger charge is 2.19. The second-order valence-corrected chi connectivity index (χ2v) is 17.5. The lowest BCUT2D eigenvalue weighted by Gasteiger charge is -2.18. The number of hydrogen-bond donors (Lipinski definition) is 0. The maximum absolute atomic E-state index is 12.7. The maximum Gasteiger partial charge on any atom is 0.306 e. The Bertz CT molecular complexity index is 841. The molecule has 0 bridgehead atoms. The fraction of sp³-hybridized carbons (Fsp3) is 0.939. The molecule has 0 N–H and O–H groups in total. The average molecular weight is 779 g/mol. The summed E-state index contributed by atoms with van der Waals surface area (Å²) >= 11 is 0. The molecule has 6 nitrogen and oxygen atoms in total. The molecule has 0 fully saturated rings. The molecule has 0 saturated carbocycles. The van der Waals surface area contributed by atoms with Crippen molar-refractivity contribution in [1.82, 2.24) is 0 Å². The van der Waals surface area contributed by atoms with E-state index in [0.717, 1.165) is 69.6 Å². The van der Waals surface area contributed by atoms with Crippen molar-refractivity contribution >= 4 is 17.9 Å². The summed E-state index contributed by atoms with van der Waals surface area (Å²) in [5, 5.41) is 0. The molecule has 6 heteroatoms. The Morgan fingerprint density at radius 3 is 1.04 bits per heavy atom. The van der Waals surface area contributed by atoms with Crippen LogP contribution in [0.4, 0.5) is 0 Å². The van der Waals surface area contributed by atoms with Gasteiger partial charge < -0.3 is 14.2 Å². The van der Waals surface area contributed by atoms with Gasteiger partial charge in [0.15, 0.2) is 6.10 Å². The molecule has 0 aliphatic rings. The molecule has 0 radical (unpaired) electrons. The van der Waals surface area contributed by atoms with Crippen LogP contribution in [0.25, 0.3) is 0 Å². The van der Waals surface area contributed by atoms with Crippen molar-refractivity contribution < 1.29 is 28.6 Å². The SMILES string of the molecule is CCCCCCCCCCCCCC(=O)O[C@@H](COC(=O)CCCCCCCCCCCCC(C)CC)COC(=O)CCCCCCCCCCCC(C)C. The van der Waals surface area contributed by atoms with Crippen LogP contribution in [-0.4, -0.2) is 37.2 Å². The standard InChI is InChI=1S/C49H94O6/c1-6-8-9-10-11-12-13-20-26-31-36-41-49(52)55-46(43-54-48(51)40-35-30-25-21-16-17-22-27-32-37-44(3)4)42-53-47(50)39-34-29-24-19-15-14-18-23-28-33-38-45(5)7-2/h44-46H,6-43H2,1-5H3/t45?,46-/m0/s1. The fourth-order valence-corrected chi connectivity index (χ4v) is 7.25. The van der Waals surface area contributed by atoms with E-state index in [0.29, 0.717) is 19.3 Å². The third-order valence-electron chi connectivity index (χ3n) is 11.3. The summed E-state index contributed by atoms with van der Waals surface area (Å²) in [4.78, 5) is 37.8. The van der Waals surface area contributed by atoms with Gasteiger partial charge in [-0.2, -0.15) is 0 Å². The van der Waals surface area contributed by atoms with E-state index < -0.39 is 6.10 Å². The molecule has 0 aliphatic carbocycles. The van der Waals surface area contributed by atoms with Gasteiger partial charge in [-0.15, -0.1) is 0 Å². The zero-order valence-electron chi connectivity index (χ0n) is 37.6. The molecule has 2 atom stereocenters. The number of carbonyl (C=O) groups is 3. The van der Waals surface area contributed by atoms with Crippen LogP contribution in [0.1, 0.15) is 266 Å². The van der Waals surface area contributed by atoms with Crippen LogP contribution in [0.2, 0.25) is 0 Å². The molecule has 0 spiro atoms. The maximum atomic E-state index is 12.7. The molecule has 0 aromatic heterocycles. The van der Waals surface area contributed by atoms with Gasteiger partial charge in [-0.3, -0.25) is 14.4 Å². The molecule has 1 unspecified atom stereocenters. The summed E-state index contributed by atoms with van der Waals surface area (Å²) in [5.41, 5.74) is 0. The van der Waals surface area contributed by atoms with Gasteiger partial charge in [-0.1, -0.05) is 227 Å². The van der Waals surface area contributed by atoms with Crippen molar-refractivity contribution in [2.24, 2.45) is 11.8 Å². The van der Waals surface area contributed by atoms with E-state index in [4.69, 9.17) is 14.2 Å². The largest absolute Gasteiger partial charge is 0.462 e. The first kappa shape index (κ1) is 53.4. The second kappa shape index (κ2) is 42.0. The van der Waals surface area contributed by atoms with Crippen LogP contribution in [0.3, 0.4) is 0 Å². The number of ether oxygens (including phenoxy) is 3. The molecule has 0 aliphatic heterocycles. The van der Waals surface area contributed by atoms with E-state index >= 15 is 0 Å². The van der Waals surface area contributed by atoms with Crippen molar-refractivity contribution in [3.05, 3.63) is 0 Å². The second-order valence-electron chi connectivity index (χ2n) is 17.5. The summed E-state index contributed by atoms with van der Waals surface area (Å²) in [6.07, 6.45) is 40.8. The molecule has 326 valence electrons. The van der Waals surface area contributed by atoms with Crippen molar-refractivity contribution in [3.8, 4) is 0 Å². The molecular weight excluding hydrogens is 685 g/mol. The number of unbranched alkanes of at least 4 members (excludes halogenated alkanes) is 27. The van der Waals surface area contributed by atoms with Gasteiger partial charge in [0.25, 0.3) is 0 Å². The van der Waals surface area contributed by atoms with E-state index in [2.05, 4.69) is 34.6 Å². The van der Waals surface area contributed by atoms with E-state index in [-0.39, 0.29) is 31.1 Å². The Morgan fingerprint density at radius 1 is 0.382 bits per heavy atom. The fourth-order valence-electron chi connectivity index (χ4n) is 7.25. The average Bonchev–Trinajstić information content (AvgIpc) is 3.17. The Hall–Kier alpha value is -1.59. The topological polar surface area (TPSA) is 78.9 Å². The van der Waals surface area contributed by atoms with E-state index in [9.17, 15) is 14.4 Å². The van der Waals surface area contributed by atoms with Crippen molar-refractivity contribution in [1.29, 1.82) is 0 Å². The molecular formula is C49H94O6. The lowest BCUT2D eigenvalue weighted by molar-refractivity contribution is -0.167. The van der Waals surface area contributed by atoms with E-state index in [1.165, 1.54) is 154 Å². The van der Waals surface area contributed by atoms with Crippen molar-refractivity contribution in [2.45, 2.75) is 272 Å². The number of carbonyl (C=O) groups excluding carboxylic acids is 3. The lowest BCUT2D eigenvalue weighted by atomic mass is 9.99. The van der Waals surface area contributed by atoms with Crippen molar-refractivity contribution in [3.63, 3.8) is 0 Å². The Morgan fingerprint density at radius 2 is 0.691 bits per heavy atom. The van der Waals surface area contributed by atoms with Gasteiger partial charge in [0.1, 0.15) is 13.2 Å². The normalized spacial score (nSPS) is 12.5. The zero-order chi connectivity index (χ0) is 40.5. The van der Waals surface area contributed by atoms with Crippen LogP contribution in [0, 0.1) is 11.8 Å². The summed E-state index contributed by atoms with van der Waals surface area (Å²) in [6, 6.07) is 0. The summed E-state index contributed by atoms with van der Waals surface area (Å²) < 4.78 is 16.8. The Balaban J connectivity index is 4.33. The Kier molecular flexibility index (Phi) is 40.8. The van der Waals surface area contributed by atoms with E-state index in [1.807, 2.05) is 0 Å². The molecule has 0 heterocycles. The third kappa shape index (κ3) is 41.9. The van der Waals surface area contributed by atoms with Crippen LogP contribution in [-0.2, 0) is 28.6 Å². The minimum Gasteiger partial charge on any atom is -0.462 e. The minimum absolute atomic E-state index is 0.0645.